The van der Waals surface area contributed by atoms with E-state index in [2.05, 4.69) is 5.10 Å². The Bertz CT molecular complexity index is 1200. The van der Waals surface area contributed by atoms with E-state index in [1.54, 1.807) is 34.1 Å². The van der Waals surface area contributed by atoms with Crippen molar-refractivity contribution in [3.8, 4) is 0 Å². The molecule has 1 aliphatic rings. The van der Waals surface area contributed by atoms with Gasteiger partial charge in [0.05, 0.1) is 18.5 Å². The van der Waals surface area contributed by atoms with Gasteiger partial charge in [0.1, 0.15) is 0 Å². The Morgan fingerprint density at radius 2 is 1.52 bits per heavy atom. The molecule has 8 heteroatoms. The van der Waals surface area contributed by atoms with Crippen LogP contribution in [0.2, 0.25) is 0 Å². The van der Waals surface area contributed by atoms with Gasteiger partial charge in [-0.15, -0.1) is 0 Å². The van der Waals surface area contributed by atoms with Crippen LogP contribution < -0.4 is 5.56 Å². The molecule has 3 aromatic rings. The van der Waals surface area contributed by atoms with Crippen molar-refractivity contribution in [3.05, 3.63) is 76.2 Å². The molecule has 1 aromatic heterocycles. The number of piperazine rings is 1. The standard InChI is InChI=1S/C25H28N4O4/c1-18(2)17-33-25(32)28-14-12-27(13-15-28)24(31)22-20-10-6-7-11-21(20)23(30)29(26-22)16-19-8-4-3-5-9-19/h3-11,18H,12-17H2,1-2H3. The second kappa shape index (κ2) is 9.85. The van der Waals surface area contributed by atoms with Crippen molar-refractivity contribution < 1.29 is 14.3 Å². The van der Waals surface area contributed by atoms with Gasteiger partial charge in [0.25, 0.3) is 11.5 Å². The molecule has 172 valence electrons. The van der Waals surface area contributed by atoms with E-state index in [0.717, 1.165) is 5.56 Å². The molecule has 0 spiro atoms. The number of benzene rings is 2. The lowest BCUT2D eigenvalue weighted by molar-refractivity contribution is 0.0531. The highest BCUT2D eigenvalue weighted by Crippen LogP contribution is 2.17. The average Bonchev–Trinajstić information content (AvgIpc) is 2.84. The van der Waals surface area contributed by atoms with Gasteiger partial charge in [0.15, 0.2) is 5.69 Å². The van der Waals surface area contributed by atoms with Gasteiger partial charge in [0, 0.05) is 31.6 Å². The van der Waals surface area contributed by atoms with E-state index >= 15 is 0 Å². The number of ether oxygens (including phenoxy) is 1. The Morgan fingerprint density at radius 3 is 2.18 bits per heavy atom. The maximum atomic E-state index is 13.4. The molecule has 0 saturated carbocycles. The van der Waals surface area contributed by atoms with Gasteiger partial charge in [-0.1, -0.05) is 62.4 Å². The minimum atomic E-state index is -0.351. The second-order valence-corrected chi connectivity index (χ2v) is 8.59. The minimum absolute atomic E-state index is 0.233. The van der Waals surface area contributed by atoms with Crippen LogP contribution in [-0.4, -0.2) is 64.4 Å². The van der Waals surface area contributed by atoms with Crippen LogP contribution in [-0.2, 0) is 11.3 Å². The first-order chi connectivity index (χ1) is 15.9. The Labute approximate surface area is 192 Å². The monoisotopic (exact) mass is 448 g/mol. The molecule has 1 aliphatic heterocycles. The van der Waals surface area contributed by atoms with Gasteiger partial charge in [-0.2, -0.15) is 5.10 Å². The van der Waals surface area contributed by atoms with Crippen molar-refractivity contribution in [3.63, 3.8) is 0 Å². The topological polar surface area (TPSA) is 84.7 Å². The third-order valence-corrected chi connectivity index (χ3v) is 5.61. The summed E-state index contributed by atoms with van der Waals surface area (Å²) >= 11 is 0. The molecule has 2 heterocycles. The number of hydrogen-bond acceptors (Lipinski definition) is 5. The zero-order valence-electron chi connectivity index (χ0n) is 18.9. The highest BCUT2D eigenvalue weighted by molar-refractivity contribution is 6.04. The van der Waals surface area contributed by atoms with Crippen LogP contribution in [0.4, 0.5) is 4.79 Å². The third kappa shape index (κ3) is 5.05. The summed E-state index contributed by atoms with van der Waals surface area (Å²) in [6, 6.07) is 16.6. The summed E-state index contributed by atoms with van der Waals surface area (Å²) in [7, 11) is 0. The van der Waals surface area contributed by atoms with E-state index in [4.69, 9.17) is 4.74 Å². The summed E-state index contributed by atoms with van der Waals surface area (Å²) in [5.41, 5.74) is 0.940. The van der Waals surface area contributed by atoms with Crippen LogP contribution >= 0.6 is 0 Å². The quantitative estimate of drug-likeness (QED) is 0.599. The summed E-state index contributed by atoms with van der Waals surface area (Å²) < 4.78 is 6.65. The smallest absolute Gasteiger partial charge is 0.409 e. The van der Waals surface area contributed by atoms with Crippen molar-refractivity contribution in [1.82, 2.24) is 19.6 Å². The molecule has 1 saturated heterocycles. The molecular formula is C25H28N4O4. The number of aromatic nitrogens is 2. The fourth-order valence-corrected chi connectivity index (χ4v) is 3.83. The van der Waals surface area contributed by atoms with Crippen molar-refractivity contribution in [2.24, 2.45) is 5.92 Å². The number of rotatable bonds is 5. The summed E-state index contributed by atoms with van der Waals surface area (Å²) in [6.45, 7) is 6.16. The van der Waals surface area contributed by atoms with E-state index < -0.39 is 0 Å². The van der Waals surface area contributed by atoms with E-state index in [9.17, 15) is 14.4 Å². The van der Waals surface area contributed by atoms with Crippen LogP contribution in [0.15, 0.2) is 59.4 Å². The molecule has 0 unspecified atom stereocenters. The molecule has 0 N–H and O–H groups in total. The van der Waals surface area contributed by atoms with E-state index in [1.165, 1.54) is 4.68 Å². The second-order valence-electron chi connectivity index (χ2n) is 8.59. The molecule has 0 bridgehead atoms. The lowest BCUT2D eigenvalue weighted by Crippen LogP contribution is -2.51. The van der Waals surface area contributed by atoms with Gasteiger partial charge in [-0.3, -0.25) is 9.59 Å². The molecular weight excluding hydrogens is 420 g/mol. The molecule has 1 fully saturated rings. The third-order valence-electron chi connectivity index (χ3n) is 5.61. The first-order valence-electron chi connectivity index (χ1n) is 11.2. The number of carbonyl (C=O) groups excluding carboxylic acids is 2. The van der Waals surface area contributed by atoms with Crippen molar-refractivity contribution in [2.45, 2.75) is 20.4 Å². The predicted molar refractivity (Wildman–Crippen MR) is 125 cm³/mol. The molecule has 2 amide bonds. The molecule has 2 aromatic carbocycles. The first kappa shape index (κ1) is 22.5. The average molecular weight is 449 g/mol. The largest absolute Gasteiger partial charge is 0.449 e. The molecule has 8 nitrogen and oxygen atoms in total. The van der Waals surface area contributed by atoms with Crippen molar-refractivity contribution >= 4 is 22.8 Å². The Hall–Kier alpha value is -3.68. The van der Waals surface area contributed by atoms with Gasteiger partial charge in [-0.05, 0) is 17.5 Å². The Kier molecular flexibility index (Phi) is 6.72. The zero-order valence-corrected chi connectivity index (χ0v) is 18.9. The Balaban J connectivity index is 1.56. The van der Waals surface area contributed by atoms with Crippen molar-refractivity contribution in [1.29, 1.82) is 0 Å². The van der Waals surface area contributed by atoms with Crippen LogP contribution in [0.5, 0.6) is 0 Å². The highest BCUT2D eigenvalue weighted by Gasteiger charge is 2.28. The van der Waals surface area contributed by atoms with Gasteiger partial charge >= 0.3 is 6.09 Å². The summed E-state index contributed by atoms with van der Waals surface area (Å²) in [5, 5.41) is 5.48. The SMILES string of the molecule is CC(C)COC(=O)N1CCN(C(=O)c2nn(Cc3ccccc3)c(=O)c3ccccc23)CC1. The summed E-state index contributed by atoms with van der Waals surface area (Å²) in [4.78, 5) is 42.0. The fraction of sp³-hybridized carbons (Fsp3) is 0.360. The lowest BCUT2D eigenvalue weighted by atomic mass is 10.1. The molecule has 0 radical (unpaired) electrons. The van der Waals surface area contributed by atoms with Gasteiger partial charge in [-0.25, -0.2) is 9.48 Å². The maximum absolute atomic E-state index is 13.4. The van der Waals surface area contributed by atoms with Crippen LogP contribution in [0, 0.1) is 5.92 Å². The van der Waals surface area contributed by atoms with E-state index in [1.807, 2.05) is 44.2 Å². The minimum Gasteiger partial charge on any atom is -0.449 e. The number of nitrogens with zero attached hydrogens (tertiary/aromatic N) is 4. The van der Waals surface area contributed by atoms with E-state index in [0.29, 0.717) is 43.6 Å². The highest BCUT2D eigenvalue weighted by atomic mass is 16.6. The van der Waals surface area contributed by atoms with Crippen LogP contribution in [0.3, 0.4) is 0 Å². The number of amides is 2. The number of fused-ring (bicyclic) bond motifs is 1. The van der Waals surface area contributed by atoms with Crippen LogP contribution in [0.25, 0.3) is 10.8 Å². The normalized spacial score (nSPS) is 14.0. The van der Waals surface area contributed by atoms with Crippen molar-refractivity contribution in [2.75, 3.05) is 32.8 Å². The van der Waals surface area contributed by atoms with E-state index in [-0.39, 0.29) is 35.7 Å². The molecule has 0 atom stereocenters. The fourth-order valence-electron chi connectivity index (χ4n) is 3.83. The predicted octanol–water partition coefficient (Wildman–Crippen LogP) is 3.00. The summed E-state index contributed by atoms with van der Waals surface area (Å²) in [5.74, 6) is 0.0194. The molecule has 33 heavy (non-hydrogen) atoms. The maximum Gasteiger partial charge on any atom is 0.409 e. The summed E-state index contributed by atoms with van der Waals surface area (Å²) in [6.07, 6.45) is -0.351. The molecule has 4 rings (SSSR count). The van der Waals surface area contributed by atoms with Gasteiger partial charge < -0.3 is 14.5 Å². The zero-order chi connectivity index (χ0) is 23.4. The molecule has 0 aliphatic carbocycles. The lowest BCUT2D eigenvalue weighted by Gasteiger charge is -2.34. The number of carbonyl (C=O) groups is 2. The Morgan fingerprint density at radius 1 is 0.909 bits per heavy atom. The van der Waals surface area contributed by atoms with Gasteiger partial charge in [0.2, 0.25) is 0 Å². The number of hydrogen-bond donors (Lipinski definition) is 0. The first-order valence-corrected chi connectivity index (χ1v) is 11.2. The van der Waals surface area contributed by atoms with Crippen LogP contribution in [0.1, 0.15) is 29.9 Å².